The molecule has 20 heavy (non-hydrogen) atoms. The molecule has 0 aliphatic carbocycles. The van der Waals surface area contributed by atoms with Crippen LogP contribution < -0.4 is 5.32 Å². The van der Waals surface area contributed by atoms with Crippen LogP contribution in [0.3, 0.4) is 0 Å². The molecule has 0 atom stereocenters. The van der Waals surface area contributed by atoms with E-state index in [1.165, 1.54) is 4.68 Å². The van der Waals surface area contributed by atoms with E-state index in [0.29, 0.717) is 24.5 Å². The fourth-order valence-electron chi connectivity index (χ4n) is 2.08. The summed E-state index contributed by atoms with van der Waals surface area (Å²) in [4.78, 5) is 14.8. The maximum Gasteiger partial charge on any atom is 0.333 e. The number of aromatic nitrogens is 3. The van der Waals surface area contributed by atoms with Crippen molar-refractivity contribution < 1.29 is 4.92 Å². The van der Waals surface area contributed by atoms with Gasteiger partial charge in [0.25, 0.3) is 0 Å². The van der Waals surface area contributed by atoms with Gasteiger partial charge in [-0.15, -0.1) is 0 Å². The van der Waals surface area contributed by atoms with Crippen LogP contribution in [-0.4, -0.2) is 19.7 Å². The van der Waals surface area contributed by atoms with E-state index >= 15 is 0 Å². The molecule has 2 aromatic rings. The summed E-state index contributed by atoms with van der Waals surface area (Å²) in [6.45, 7) is 4.31. The van der Waals surface area contributed by atoms with Gasteiger partial charge in [-0.1, -0.05) is 6.92 Å². The van der Waals surface area contributed by atoms with Crippen molar-refractivity contribution in [2.24, 2.45) is 7.05 Å². The van der Waals surface area contributed by atoms with Crippen molar-refractivity contribution in [3.63, 3.8) is 0 Å². The zero-order valence-electron chi connectivity index (χ0n) is 11.8. The first-order chi connectivity index (χ1) is 9.54. The van der Waals surface area contributed by atoms with Crippen LogP contribution in [0.5, 0.6) is 0 Å². The lowest BCUT2D eigenvalue weighted by Crippen LogP contribution is -2.07. The molecule has 1 N–H and O–H groups in total. The van der Waals surface area contributed by atoms with Gasteiger partial charge in [-0.05, 0) is 30.5 Å². The molecule has 2 rings (SSSR count). The lowest BCUT2D eigenvalue weighted by molar-refractivity contribution is -0.384. The molecule has 0 saturated carbocycles. The molecule has 2 aromatic heterocycles. The second-order valence-electron chi connectivity index (χ2n) is 4.53. The number of hydrogen-bond acceptors (Lipinski definition) is 5. The summed E-state index contributed by atoms with van der Waals surface area (Å²) < 4.78 is 1.52. The largest absolute Gasteiger partial charge is 0.360 e. The number of nitrogens with one attached hydrogen (secondary N) is 1. The zero-order chi connectivity index (χ0) is 14.7. The molecule has 7 nitrogen and oxygen atoms in total. The van der Waals surface area contributed by atoms with Crippen LogP contribution in [0, 0.1) is 17.0 Å². The van der Waals surface area contributed by atoms with Crippen molar-refractivity contribution in [3.05, 3.63) is 45.4 Å². The van der Waals surface area contributed by atoms with Gasteiger partial charge in [-0.3, -0.25) is 15.1 Å². The highest BCUT2D eigenvalue weighted by Crippen LogP contribution is 2.28. The van der Waals surface area contributed by atoms with Crippen LogP contribution in [0.2, 0.25) is 0 Å². The Hall–Kier alpha value is -2.44. The molecule has 0 unspecified atom stereocenters. The molecule has 0 aliphatic rings. The maximum absolute atomic E-state index is 11.2. The molecular formula is C13H17N5O2. The van der Waals surface area contributed by atoms with Gasteiger partial charge in [-0.2, -0.15) is 5.10 Å². The third-order valence-electron chi connectivity index (χ3n) is 3.19. The topological polar surface area (TPSA) is 85.9 Å². The number of nitrogens with zero attached hydrogens (tertiary/aromatic N) is 4. The first kappa shape index (κ1) is 14.0. The van der Waals surface area contributed by atoms with E-state index < -0.39 is 0 Å². The van der Waals surface area contributed by atoms with Crippen molar-refractivity contribution in [3.8, 4) is 0 Å². The third kappa shape index (κ3) is 2.61. The number of pyridine rings is 1. The first-order valence-corrected chi connectivity index (χ1v) is 6.38. The SMILES string of the molecule is CCc1nn(C)c(NCc2ccncc2C)c1[N+](=O)[O-]. The Kier molecular flexibility index (Phi) is 3.97. The summed E-state index contributed by atoms with van der Waals surface area (Å²) in [5, 5.41) is 18.5. The van der Waals surface area contributed by atoms with Crippen LogP contribution in [-0.2, 0) is 20.0 Å². The summed E-state index contributed by atoms with van der Waals surface area (Å²) in [5.74, 6) is 0.433. The predicted octanol–water partition coefficient (Wildman–Crippen LogP) is 2.21. The lowest BCUT2D eigenvalue weighted by atomic mass is 10.1. The average Bonchev–Trinajstić information content (AvgIpc) is 2.74. The quantitative estimate of drug-likeness (QED) is 0.667. The van der Waals surface area contributed by atoms with Crippen molar-refractivity contribution in [2.75, 3.05) is 5.32 Å². The summed E-state index contributed by atoms with van der Waals surface area (Å²) in [6, 6.07) is 1.89. The van der Waals surface area contributed by atoms with E-state index in [2.05, 4.69) is 15.4 Å². The fourth-order valence-corrected chi connectivity index (χ4v) is 2.08. The average molecular weight is 275 g/mol. The number of hydrogen-bond donors (Lipinski definition) is 1. The molecular weight excluding hydrogens is 258 g/mol. The third-order valence-corrected chi connectivity index (χ3v) is 3.19. The second kappa shape index (κ2) is 5.68. The number of rotatable bonds is 5. The molecule has 106 valence electrons. The van der Waals surface area contributed by atoms with Crippen molar-refractivity contribution >= 4 is 11.5 Å². The van der Waals surface area contributed by atoms with Gasteiger partial charge in [0.15, 0.2) is 0 Å². The van der Waals surface area contributed by atoms with Crippen LogP contribution in [0.1, 0.15) is 23.7 Å². The highest BCUT2D eigenvalue weighted by molar-refractivity contribution is 5.60. The lowest BCUT2D eigenvalue weighted by Gasteiger charge is -2.08. The molecule has 2 heterocycles. The molecule has 0 aliphatic heterocycles. The van der Waals surface area contributed by atoms with Crippen LogP contribution in [0.25, 0.3) is 0 Å². The number of aryl methyl sites for hydroxylation is 3. The van der Waals surface area contributed by atoms with E-state index in [1.54, 1.807) is 19.4 Å². The minimum Gasteiger partial charge on any atom is -0.360 e. The second-order valence-corrected chi connectivity index (χ2v) is 4.53. The fraction of sp³-hybridized carbons (Fsp3) is 0.385. The number of nitro groups is 1. The molecule has 0 fully saturated rings. The van der Waals surface area contributed by atoms with E-state index in [4.69, 9.17) is 0 Å². The summed E-state index contributed by atoms with van der Waals surface area (Å²) >= 11 is 0. The Morgan fingerprint density at radius 3 is 2.85 bits per heavy atom. The maximum atomic E-state index is 11.2. The van der Waals surface area contributed by atoms with Gasteiger partial charge in [-0.25, -0.2) is 4.68 Å². The van der Waals surface area contributed by atoms with E-state index in [-0.39, 0.29) is 10.6 Å². The van der Waals surface area contributed by atoms with E-state index in [9.17, 15) is 10.1 Å². The monoisotopic (exact) mass is 275 g/mol. The Balaban J connectivity index is 2.28. The number of anilines is 1. The first-order valence-electron chi connectivity index (χ1n) is 6.38. The van der Waals surface area contributed by atoms with Crippen molar-refractivity contribution in [2.45, 2.75) is 26.8 Å². The predicted molar refractivity (Wildman–Crippen MR) is 75.5 cm³/mol. The van der Waals surface area contributed by atoms with Crippen LogP contribution in [0.15, 0.2) is 18.5 Å². The Bertz CT molecular complexity index is 636. The summed E-state index contributed by atoms with van der Waals surface area (Å²) in [6.07, 6.45) is 4.01. The van der Waals surface area contributed by atoms with Crippen molar-refractivity contribution in [1.29, 1.82) is 0 Å². The molecule has 0 amide bonds. The molecule has 0 spiro atoms. The van der Waals surface area contributed by atoms with Gasteiger partial charge < -0.3 is 5.32 Å². The smallest absolute Gasteiger partial charge is 0.333 e. The Morgan fingerprint density at radius 2 is 2.25 bits per heavy atom. The van der Waals surface area contributed by atoms with Gasteiger partial charge in [0, 0.05) is 26.0 Å². The normalized spacial score (nSPS) is 10.6. The van der Waals surface area contributed by atoms with E-state index in [1.807, 2.05) is 19.9 Å². The van der Waals surface area contributed by atoms with Crippen LogP contribution >= 0.6 is 0 Å². The van der Waals surface area contributed by atoms with Crippen LogP contribution in [0.4, 0.5) is 11.5 Å². The summed E-state index contributed by atoms with van der Waals surface area (Å²) in [7, 11) is 1.70. The zero-order valence-corrected chi connectivity index (χ0v) is 11.8. The molecule has 0 aromatic carbocycles. The molecule has 0 saturated heterocycles. The minimum atomic E-state index is -0.381. The van der Waals surface area contributed by atoms with Gasteiger partial charge >= 0.3 is 5.69 Å². The molecule has 0 radical (unpaired) electrons. The molecule has 7 heteroatoms. The van der Waals surface area contributed by atoms with E-state index in [0.717, 1.165) is 11.1 Å². The standard InChI is InChI=1S/C13H17N5O2/c1-4-11-12(18(19)20)13(17(3)16-11)15-8-10-5-6-14-7-9(10)2/h5-7,15H,4,8H2,1-3H3. The molecule has 0 bridgehead atoms. The summed E-state index contributed by atoms with van der Waals surface area (Å²) in [5.41, 5.74) is 2.64. The van der Waals surface area contributed by atoms with Gasteiger partial charge in [0.1, 0.15) is 5.69 Å². The Morgan fingerprint density at radius 1 is 1.50 bits per heavy atom. The van der Waals surface area contributed by atoms with Gasteiger partial charge in [0.2, 0.25) is 5.82 Å². The Labute approximate surface area is 116 Å². The van der Waals surface area contributed by atoms with Crippen molar-refractivity contribution in [1.82, 2.24) is 14.8 Å². The van der Waals surface area contributed by atoms with Gasteiger partial charge in [0.05, 0.1) is 4.92 Å². The highest BCUT2D eigenvalue weighted by Gasteiger charge is 2.25. The minimum absolute atomic E-state index is 0.0571. The highest BCUT2D eigenvalue weighted by atomic mass is 16.6.